The first kappa shape index (κ1) is 26.2. The maximum Gasteiger partial charge on any atom is 0.257 e. The van der Waals surface area contributed by atoms with Crippen LogP contribution in [-0.4, -0.2) is 85.3 Å². The summed E-state index contributed by atoms with van der Waals surface area (Å²) >= 11 is 0. The number of aryl methyl sites for hydroxylation is 1. The largest absolute Gasteiger partial charge is 0.497 e. The van der Waals surface area contributed by atoms with E-state index in [0.29, 0.717) is 56.0 Å². The van der Waals surface area contributed by atoms with Crippen LogP contribution in [0.3, 0.4) is 0 Å². The van der Waals surface area contributed by atoms with Gasteiger partial charge in [0.1, 0.15) is 17.5 Å². The van der Waals surface area contributed by atoms with Gasteiger partial charge >= 0.3 is 0 Å². The molecule has 0 aromatic heterocycles. The summed E-state index contributed by atoms with van der Waals surface area (Å²) in [7, 11) is 1.57. The van der Waals surface area contributed by atoms with Crippen molar-refractivity contribution < 1.29 is 28.6 Å². The fourth-order valence-corrected chi connectivity index (χ4v) is 5.64. The van der Waals surface area contributed by atoms with Gasteiger partial charge in [-0.3, -0.25) is 19.3 Å². The second-order valence-electron chi connectivity index (χ2n) is 10.2. The van der Waals surface area contributed by atoms with Crippen LogP contribution in [0.5, 0.6) is 5.75 Å². The van der Waals surface area contributed by atoms with Gasteiger partial charge in [0, 0.05) is 50.2 Å². The van der Waals surface area contributed by atoms with Crippen molar-refractivity contribution in [2.24, 2.45) is 0 Å². The Kier molecular flexibility index (Phi) is 7.67. The molecule has 2 atom stereocenters. The Morgan fingerprint density at radius 2 is 1.87 bits per heavy atom. The number of nitrogens with one attached hydrogen (secondary N) is 1. The minimum Gasteiger partial charge on any atom is -0.497 e. The summed E-state index contributed by atoms with van der Waals surface area (Å²) in [6, 6.07) is 13.7. The Labute approximate surface area is 223 Å². The summed E-state index contributed by atoms with van der Waals surface area (Å²) in [6.45, 7) is 3.92. The maximum atomic E-state index is 14.0. The van der Waals surface area contributed by atoms with Crippen LogP contribution in [0.4, 0.5) is 0 Å². The number of benzene rings is 2. The first-order valence-corrected chi connectivity index (χ1v) is 13.3. The SMILES string of the molecule is COc1cccc(C(=O)N2CCC3(CC2)OC[C@@H](C(=O)NC[C@H]2CCCO2)N3C(=O)c2ccccc2C)c1. The van der Waals surface area contributed by atoms with E-state index >= 15 is 0 Å². The van der Waals surface area contributed by atoms with Crippen molar-refractivity contribution in [3.63, 3.8) is 0 Å². The second kappa shape index (κ2) is 11.1. The standard InChI is InChI=1S/C29H35N3O6/c1-20-7-3-4-11-24(20)28(35)32-25(26(33)30-18-23-10-6-16-37-23)19-38-29(32)12-14-31(15-13-29)27(34)21-8-5-9-22(17-21)36-2/h3-5,7-9,11,17,23,25H,6,10,12-16,18-19H2,1-2H3,(H,30,33)/t23-,25+/m1/s1. The molecule has 2 aromatic carbocycles. The summed E-state index contributed by atoms with van der Waals surface area (Å²) in [5.74, 6) is 0.0503. The fourth-order valence-electron chi connectivity index (χ4n) is 5.64. The number of hydrogen-bond donors (Lipinski definition) is 1. The number of likely N-dealkylation sites (tertiary alicyclic amines) is 1. The first-order valence-electron chi connectivity index (χ1n) is 13.3. The van der Waals surface area contributed by atoms with Crippen LogP contribution >= 0.6 is 0 Å². The molecule has 3 fully saturated rings. The van der Waals surface area contributed by atoms with Gasteiger partial charge in [-0.2, -0.15) is 0 Å². The van der Waals surface area contributed by atoms with Crippen LogP contribution in [0, 0.1) is 6.92 Å². The molecular weight excluding hydrogens is 486 g/mol. The quantitative estimate of drug-likeness (QED) is 0.628. The average molecular weight is 522 g/mol. The van der Waals surface area contributed by atoms with Gasteiger partial charge in [-0.1, -0.05) is 24.3 Å². The molecule has 2 aromatic rings. The number of rotatable bonds is 6. The van der Waals surface area contributed by atoms with E-state index in [0.717, 1.165) is 18.4 Å². The molecule has 3 amide bonds. The Morgan fingerprint density at radius 3 is 2.58 bits per heavy atom. The van der Waals surface area contributed by atoms with E-state index in [-0.39, 0.29) is 30.4 Å². The van der Waals surface area contributed by atoms with Crippen LogP contribution < -0.4 is 10.1 Å². The van der Waals surface area contributed by atoms with E-state index in [4.69, 9.17) is 14.2 Å². The molecule has 38 heavy (non-hydrogen) atoms. The molecule has 3 saturated heterocycles. The van der Waals surface area contributed by atoms with Gasteiger partial charge < -0.3 is 24.4 Å². The molecule has 1 spiro atoms. The topological polar surface area (TPSA) is 97.4 Å². The summed E-state index contributed by atoms with van der Waals surface area (Å²) in [4.78, 5) is 43.9. The Morgan fingerprint density at radius 1 is 1.08 bits per heavy atom. The lowest BCUT2D eigenvalue weighted by molar-refractivity contribution is -0.128. The van der Waals surface area contributed by atoms with Crippen LogP contribution in [0.25, 0.3) is 0 Å². The molecule has 1 N–H and O–H groups in total. The number of carbonyl (C=O) groups is 3. The zero-order chi connectivity index (χ0) is 26.7. The lowest BCUT2D eigenvalue weighted by Crippen LogP contribution is -2.60. The van der Waals surface area contributed by atoms with Crippen molar-refractivity contribution in [3.8, 4) is 5.75 Å². The fraction of sp³-hybridized carbons (Fsp3) is 0.483. The molecule has 202 valence electrons. The van der Waals surface area contributed by atoms with Crippen molar-refractivity contribution in [2.75, 3.05) is 40.0 Å². The summed E-state index contributed by atoms with van der Waals surface area (Å²) < 4.78 is 17.2. The molecule has 9 heteroatoms. The molecule has 0 radical (unpaired) electrons. The van der Waals surface area contributed by atoms with Crippen molar-refractivity contribution in [1.29, 1.82) is 0 Å². The average Bonchev–Trinajstić information content (AvgIpc) is 3.60. The van der Waals surface area contributed by atoms with Gasteiger partial charge in [-0.15, -0.1) is 0 Å². The molecule has 9 nitrogen and oxygen atoms in total. The van der Waals surface area contributed by atoms with Crippen molar-refractivity contribution in [3.05, 3.63) is 65.2 Å². The summed E-state index contributed by atoms with van der Waals surface area (Å²) in [6.07, 6.45) is 2.72. The summed E-state index contributed by atoms with van der Waals surface area (Å²) in [5.41, 5.74) is 0.968. The number of carbonyl (C=O) groups excluding carboxylic acids is 3. The highest BCUT2D eigenvalue weighted by atomic mass is 16.5. The van der Waals surface area contributed by atoms with E-state index in [9.17, 15) is 14.4 Å². The zero-order valence-electron chi connectivity index (χ0n) is 22.0. The monoisotopic (exact) mass is 521 g/mol. The lowest BCUT2D eigenvalue weighted by atomic mass is 9.95. The van der Waals surface area contributed by atoms with Gasteiger partial charge in [-0.05, 0) is 49.6 Å². The minimum atomic E-state index is -0.962. The highest BCUT2D eigenvalue weighted by Crippen LogP contribution is 2.39. The third kappa shape index (κ3) is 5.13. The molecule has 3 aliphatic rings. The molecule has 0 aliphatic carbocycles. The van der Waals surface area contributed by atoms with E-state index in [1.165, 1.54) is 0 Å². The molecule has 0 saturated carbocycles. The van der Waals surface area contributed by atoms with Crippen LogP contribution in [-0.2, 0) is 14.3 Å². The van der Waals surface area contributed by atoms with Crippen LogP contribution in [0.2, 0.25) is 0 Å². The number of nitrogens with zero attached hydrogens (tertiary/aromatic N) is 2. The second-order valence-corrected chi connectivity index (χ2v) is 10.2. The number of ether oxygens (including phenoxy) is 3. The molecular formula is C29H35N3O6. The minimum absolute atomic E-state index is 0.00149. The van der Waals surface area contributed by atoms with Gasteiger partial charge in [0.2, 0.25) is 5.91 Å². The highest BCUT2D eigenvalue weighted by molar-refractivity contribution is 5.99. The first-order chi connectivity index (χ1) is 18.4. The van der Waals surface area contributed by atoms with E-state index in [1.807, 2.05) is 25.1 Å². The molecule has 3 aliphatic heterocycles. The predicted molar refractivity (Wildman–Crippen MR) is 140 cm³/mol. The van der Waals surface area contributed by atoms with Crippen molar-refractivity contribution in [1.82, 2.24) is 15.1 Å². The Hall–Kier alpha value is -3.43. The predicted octanol–water partition coefficient (Wildman–Crippen LogP) is 2.77. The van der Waals surface area contributed by atoms with Crippen molar-refractivity contribution >= 4 is 17.7 Å². The normalized spacial score (nSPS) is 22.5. The highest BCUT2D eigenvalue weighted by Gasteiger charge is 2.54. The summed E-state index contributed by atoms with van der Waals surface area (Å²) in [5, 5.41) is 2.98. The molecule has 0 bridgehead atoms. The van der Waals surface area contributed by atoms with Gasteiger partial charge in [0.15, 0.2) is 0 Å². The zero-order valence-corrected chi connectivity index (χ0v) is 22.0. The Bertz CT molecular complexity index is 1190. The Balaban J connectivity index is 1.35. The third-order valence-corrected chi connectivity index (χ3v) is 7.83. The third-order valence-electron chi connectivity index (χ3n) is 7.83. The van der Waals surface area contributed by atoms with E-state index in [2.05, 4.69) is 5.32 Å². The number of hydrogen-bond acceptors (Lipinski definition) is 6. The number of methoxy groups -OCH3 is 1. The maximum absolute atomic E-state index is 14.0. The van der Waals surface area contributed by atoms with Gasteiger partial charge in [-0.25, -0.2) is 0 Å². The van der Waals surface area contributed by atoms with Gasteiger partial charge in [0.05, 0.1) is 19.8 Å². The number of piperidine rings is 1. The number of amides is 3. The van der Waals surface area contributed by atoms with Crippen LogP contribution in [0.1, 0.15) is 52.0 Å². The van der Waals surface area contributed by atoms with Crippen LogP contribution in [0.15, 0.2) is 48.5 Å². The van der Waals surface area contributed by atoms with E-state index in [1.54, 1.807) is 47.2 Å². The molecule has 5 rings (SSSR count). The molecule has 0 unspecified atom stereocenters. The van der Waals surface area contributed by atoms with E-state index < -0.39 is 11.8 Å². The van der Waals surface area contributed by atoms with Gasteiger partial charge in [0.25, 0.3) is 11.8 Å². The lowest BCUT2D eigenvalue weighted by Gasteiger charge is -2.44. The van der Waals surface area contributed by atoms with Crippen molar-refractivity contribution in [2.45, 2.75) is 50.5 Å². The smallest absolute Gasteiger partial charge is 0.257 e. The molecule has 3 heterocycles.